The van der Waals surface area contributed by atoms with Gasteiger partial charge in [-0.25, -0.2) is 8.42 Å². The molecule has 1 aromatic rings. The standard InChI is InChI=1S/C11H12BrClO3S/c1-3-11(12,17(2,15)16)10(14)8-5-4-6-9(13)7-8/h4-7H,3H2,1-2H3. The molecule has 1 unspecified atom stereocenters. The van der Waals surface area contributed by atoms with Crippen molar-refractivity contribution in [3.05, 3.63) is 34.9 Å². The Morgan fingerprint density at radius 3 is 2.47 bits per heavy atom. The van der Waals surface area contributed by atoms with Gasteiger partial charge < -0.3 is 0 Å². The average molecular weight is 340 g/mol. The van der Waals surface area contributed by atoms with Crippen molar-refractivity contribution in [3.63, 3.8) is 0 Å². The zero-order chi connectivity index (χ0) is 13.3. The molecule has 0 fully saturated rings. The van der Waals surface area contributed by atoms with E-state index in [1.165, 1.54) is 6.07 Å². The first kappa shape index (κ1) is 14.7. The molecule has 94 valence electrons. The quantitative estimate of drug-likeness (QED) is 0.626. The van der Waals surface area contributed by atoms with Crippen LogP contribution in [0.3, 0.4) is 0 Å². The lowest BCUT2D eigenvalue weighted by molar-refractivity contribution is 0.0976. The van der Waals surface area contributed by atoms with Crippen LogP contribution >= 0.6 is 27.5 Å². The maximum atomic E-state index is 12.2. The van der Waals surface area contributed by atoms with Crippen LogP contribution in [-0.2, 0) is 9.84 Å². The van der Waals surface area contributed by atoms with Crippen molar-refractivity contribution in [3.8, 4) is 0 Å². The molecule has 0 aliphatic rings. The Balaban J connectivity index is 3.29. The Morgan fingerprint density at radius 1 is 1.47 bits per heavy atom. The van der Waals surface area contributed by atoms with Crippen LogP contribution in [0.4, 0.5) is 0 Å². The molecule has 0 saturated carbocycles. The van der Waals surface area contributed by atoms with Gasteiger partial charge in [0.1, 0.15) is 0 Å². The van der Waals surface area contributed by atoms with E-state index in [2.05, 4.69) is 15.9 Å². The van der Waals surface area contributed by atoms with Crippen molar-refractivity contribution in [2.24, 2.45) is 0 Å². The first-order valence-corrected chi connectivity index (χ1v) is 7.97. The van der Waals surface area contributed by atoms with E-state index in [0.717, 1.165) is 6.26 Å². The predicted octanol–water partition coefficient (Wildman–Crippen LogP) is 3.07. The van der Waals surface area contributed by atoms with Gasteiger partial charge in [0.2, 0.25) is 0 Å². The van der Waals surface area contributed by atoms with Gasteiger partial charge in [-0.05, 0) is 18.6 Å². The van der Waals surface area contributed by atoms with Crippen molar-refractivity contribution in [2.75, 3.05) is 6.26 Å². The summed E-state index contributed by atoms with van der Waals surface area (Å²) in [5, 5.41) is 0.398. The highest BCUT2D eigenvalue weighted by molar-refractivity contribution is 9.12. The van der Waals surface area contributed by atoms with Crippen LogP contribution in [0, 0.1) is 0 Å². The molecule has 0 radical (unpaired) electrons. The van der Waals surface area contributed by atoms with E-state index in [1.54, 1.807) is 25.1 Å². The molecule has 0 aromatic heterocycles. The van der Waals surface area contributed by atoms with E-state index in [0.29, 0.717) is 5.02 Å². The molecule has 0 N–H and O–H groups in total. The highest BCUT2D eigenvalue weighted by atomic mass is 79.9. The molecule has 0 saturated heterocycles. The molecular weight excluding hydrogens is 328 g/mol. The van der Waals surface area contributed by atoms with E-state index in [9.17, 15) is 13.2 Å². The molecule has 3 nitrogen and oxygen atoms in total. The minimum Gasteiger partial charge on any atom is -0.291 e. The molecule has 1 rings (SSSR count). The Hall–Kier alpha value is -0.390. The Morgan fingerprint density at radius 2 is 2.06 bits per heavy atom. The number of Topliss-reactive ketones (excluding diaryl/α,β-unsaturated/α-hetero) is 1. The van der Waals surface area contributed by atoms with Gasteiger partial charge in [-0.3, -0.25) is 4.79 Å². The topological polar surface area (TPSA) is 51.2 Å². The van der Waals surface area contributed by atoms with Crippen molar-refractivity contribution in [1.29, 1.82) is 0 Å². The molecule has 0 aliphatic carbocycles. The summed E-state index contributed by atoms with van der Waals surface area (Å²) in [5.41, 5.74) is 0.279. The van der Waals surface area contributed by atoms with Crippen molar-refractivity contribution < 1.29 is 13.2 Å². The summed E-state index contributed by atoms with van der Waals surface area (Å²) in [6.07, 6.45) is 1.19. The summed E-state index contributed by atoms with van der Waals surface area (Å²) in [6, 6.07) is 6.24. The van der Waals surface area contributed by atoms with Gasteiger partial charge in [-0.1, -0.05) is 46.6 Å². The number of hydrogen-bond donors (Lipinski definition) is 0. The van der Waals surface area contributed by atoms with Crippen LogP contribution in [0.1, 0.15) is 23.7 Å². The summed E-state index contributed by atoms with van der Waals surface area (Å²) in [7, 11) is -3.55. The number of hydrogen-bond acceptors (Lipinski definition) is 3. The van der Waals surface area contributed by atoms with Gasteiger partial charge >= 0.3 is 0 Å². The first-order chi connectivity index (χ1) is 7.72. The number of carbonyl (C=O) groups excluding carboxylic acids is 1. The number of ketones is 1. The number of carbonyl (C=O) groups is 1. The average Bonchev–Trinajstić information content (AvgIpc) is 2.25. The molecule has 1 atom stereocenters. The fourth-order valence-corrected chi connectivity index (χ4v) is 2.83. The second-order valence-corrected chi connectivity index (χ2v) is 8.25. The summed E-state index contributed by atoms with van der Waals surface area (Å²) in [6.45, 7) is 1.64. The SMILES string of the molecule is CCC(Br)(C(=O)c1cccc(Cl)c1)S(C)(=O)=O. The largest absolute Gasteiger partial charge is 0.291 e. The number of halogens is 2. The number of sulfone groups is 1. The third kappa shape index (κ3) is 2.89. The van der Waals surface area contributed by atoms with E-state index in [1.807, 2.05) is 0 Å². The van der Waals surface area contributed by atoms with E-state index in [-0.39, 0.29) is 12.0 Å². The van der Waals surface area contributed by atoms with Crippen LogP contribution in [0.25, 0.3) is 0 Å². The molecule has 0 aliphatic heterocycles. The van der Waals surface area contributed by atoms with Crippen molar-refractivity contribution >= 4 is 43.2 Å². The van der Waals surface area contributed by atoms with Crippen LogP contribution in [0.2, 0.25) is 5.02 Å². The van der Waals surface area contributed by atoms with Crippen LogP contribution in [-0.4, -0.2) is 24.1 Å². The minimum absolute atomic E-state index is 0.150. The normalized spacial score (nSPS) is 15.3. The Kier molecular flexibility index (Phi) is 4.38. The van der Waals surface area contributed by atoms with Gasteiger partial charge in [0.05, 0.1) is 0 Å². The molecule has 0 bridgehead atoms. The fraction of sp³-hybridized carbons (Fsp3) is 0.364. The second kappa shape index (κ2) is 5.08. The fourth-order valence-electron chi connectivity index (χ4n) is 1.44. The van der Waals surface area contributed by atoms with Gasteiger partial charge in [0, 0.05) is 16.8 Å². The Labute approximate surface area is 114 Å². The molecule has 6 heteroatoms. The lowest BCUT2D eigenvalue weighted by atomic mass is 10.1. The third-order valence-corrected chi connectivity index (χ3v) is 7.04. The summed E-state index contributed by atoms with van der Waals surface area (Å²) in [4.78, 5) is 12.2. The lowest BCUT2D eigenvalue weighted by Crippen LogP contribution is -2.39. The van der Waals surface area contributed by atoms with Crippen LogP contribution < -0.4 is 0 Å². The monoisotopic (exact) mass is 338 g/mol. The lowest BCUT2D eigenvalue weighted by Gasteiger charge is -2.22. The number of benzene rings is 1. The van der Waals surface area contributed by atoms with Gasteiger partial charge in [-0.2, -0.15) is 0 Å². The van der Waals surface area contributed by atoms with E-state index >= 15 is 0 Å². The van der Waals surface area contributed by atoms with Crippen molar-refractivity contribution in [2.45, 2.75) is 17.0 Å². The first-order valence-electron chi connectivity index (χ1n) is 4.91. The molecule has 0 spiro atoms. The van der Waals surface area contributed by atoms with Crippen molar-refractivity contribution in [1.82, 2.24) is 0 Å². The molecule has 0 heterocycles. The number of alkyl halides is 1. The zero-order valence-corrected chi connectivity index (χ0v) is 12.6. The molecule has 17 heavy (non-hydrogen) atoms. The molecular formula is C11H12BrClO3S. The third-order valence-electron chi connectivity index (χ3n) is 2.47. The van der Waals surface area contributed by atoms with Gasteiger partial charge in [0.15, 0.2) is 19.3 Å². The summed E-state index contributed by atoms with van der Waals surface area (Å²) < 4.78 is 21.8. The Bertz CT molecular complexity index is 541. The van der Waals surface area contributed by atoms with Crippen LogP contribution in [0.15, 0.2) is 24.3 Å². The van der Waals surface area contributed by atoms with E-state index < -0.39 is 19.3 Å². The molecule has 1 aromatic carbocycles. The van der Waals surface area contributed by atoms with Gasteiger partial charge in [-0.15, -0.1) is 0 Å². The summed E-state index contributed by atoms with van der Waals surface area (Å²) >= 11 is 8.83. The summed E-state index contributed by atoms with van der Waals surface area (Å²) in [5.74, 6) is -0.495. The highest BCUT2D eigenvalue weighted by Gasteiger charge is 2.44. The predicted molar refractivity (Wildman–Crippen MR) is 72.6 cm³/mol. The smallest absolute Gasteiger partial charge is 0.194 e. The minimum atomic E-state index is -3.55. The maximum absolute atomic E-state index is 12.2. The number of rotatable bonds is 4. The van der Waals surface area contributed by atoms with Gasteiger partial charge in [0.25, 0.3) is 0 Å². The second-order valence-electron chi connectivity index (χ2n) is 3.69. The van der Waals surface area contributed by atoms with E-state index in [4.69, 9.17) is 11.6 Å². The maximum Gasteiger partial charge on any atom is 0.194 e. The highest BCUT2D eigenvalue weighted by Crippen LogP contribution is 2.33. The molecule has 0 amide bonds. The zero-order valence-electron chi connectivity index (χ0n) is 9.41. The van der Waals surface area contributed by atoms with Crippen LogP contribution in [0.5, 0.6) is 0 Å².